The molecule has 0 saturated heterocycles. The lowest BCUT2D eigenvalue weighted by Gasteiger charge is -2.28. The molecule has 2 aromatic carbocycles. The van der Waals surface area contributed by atoms with Crippen molar-refractivity contribution in [2.75, 3.05) is 12.0 Å². The highest BCUT2D eigenvalue weighted by Crippen LogP contribution is 2.47. The van der Waals surface area contributed by atoms with Crippen LogP contribution in [-0.4, -0.2) is 28.9 Å². The number of methoxy groups -OCH3 is 1. The summed E-state index contributed by atoms with van der Waals surface area (Å²) in [6.07, 6.45) is 0. The lowest BCUT2D eigenvalue weighted by atomic mass is 9.82. The van der Waals surface area contributed by atoms with Gasteiger partial charge < -0.3 is 9.84 Å². The van der Waals surface area contributed by atoms with E-state index < -0.39 is 28.9 Å². The van der Waals surface area contributed by atoms with Crippen molar-refractivity contribution in [3.63, 3.8) is 0 Å². The Morgan fingerprint density at radius 2 is 1.94 bits per heavy atom. The normalized spacial score (nSPS) is 17.0. The summed E-state index contributed by atoms with van der Waals surface area (Å²) < 4.78 is 19.7. The summed E-state index contributed by atoms with van der Waals surface area (Å²) in [5.74, 6) is -1.65. The number of para-hydroxylation sites is 1. The number of nitrogens with zero attached hydrogens (tertiary/aromatic N) is 2. The van der Waals surface area contributed by atoms with Crippen molar-refractivity contribution in [2.45, 2.75) is 26.8 Å². The molecule has 0 spiro atoms. The van der Waals surface area contributed by atoms with Gasteiger partial charge in [-0.15, -0.1) is 0 Å². The molecule has 0 radical (unpaired) electrons. The van der Waals surface area contributed by atoms with Gasteiger partial charge in [0.15, 0.2) is 16.7 Å². The summed E-state index contributed by atoms with van der Waals surface area (Å²) in [7, 11) is 1.50. The molecule has 2 heterocycles. The van der Waals surface area contributed by atoms with Crippen molar-refractivity contribution in [2.24, 2.45) is 5.41 Å². The molecule has 8 heteroatoms. The number of hydrogen-bond donors (Lipinski definition) is 1. The Hall–Kier alpha value is -3.26. The Morgan fingerprint density at radius 3 is 2.61 bits per heavy atom. The number of rotatable bonds is 4. The molecule has 1 aliphatic heterocycles. The monoisotopic (exact) mass is 440 g/mol. The van der Waals surface area contributed by atoms with E-state index in [-0.39, 0.29) is 16.5 Å². The molecule has 3 aromatic rings. The highest BCUT2D eigenvalue weighted by atomic mass is 32.1. The minimum Gasteiger partial charge on any atom is -0.503 e. The molecule has 6 nitrogen and oxygen atoms in total. The second-order valence-corrected chi connectivity index (χ2v) is 9.28. The molecule has 1 atom stereocenters. The Balaban J connectivity index is 1.95. The molecule has 1 aromatic heterocycles. The molecule has 4 rings (SSSR count). The molecule has 1 amide bonds. The minimum atomic E-state index is -0.930. The number of carbonyl (C=O) groups excluding carboxylic acids is 2. The van der Waals surface area contributed by atoms with E-state index in [9.17, 15) is 19.1 Å². The number of ketones is 1. The SMILES string of the molecule is COc1ccccc1C1C(C(=O)C(C)(C)C)=C(O)C(=O)N1c1nc2ccc(F)cc2s1. The van der Waals surface area contributed by atoms with Crippen molar-refractivity contribution in [1.82, 2.24) is 4.98 Å². The highest BCUT2D eigenvalue weighted by molar-refractivity contribution is 7.22. The molecule has 1 N–H and O–H groups in total. The first kappa shape index (κ1) is 21.0. The molecule has 0 aliphatic carbocycles. The van der Waals surface area contributed by atoms with E-state index >= 15 is 0 Å². The average molecular weight is 440 g/mol. The van der Waals surface area contributed by atoms with Crippen LogP contribution in [-0.2, 0) is 9.59 Å². The summed E-state index contributed by atoms with van der Waals surface area (Å²) in [5, 5.41) is 11.0. The van der Waals surface area contributed by atoms with Gasteiger partial charge in [0.2, 0.25) is 0 Å². The number of halogens is 1. The molecule has 0 fully saturated rings. The highest BCUT2D eigenvalue weighted by Gasteiger charge is 2.48. The number of fused-ring (bicyclic) bond motifs is 1. The third-order valence-electron chi connectivity index (χ3n) is 5.11. The average Bonchev–Trinajstić information content (AvgIpc) is 3.24. The van der Waals surface area contributed by atoms with Crippen molar-refractivity contribution in [3.05, 3.63) is 65.2 Å². The van der Waals surface area contributed by atoms with E-state index in [1.165, 1.54) is 30.2 Å². The van der Waals surface area contributed by atoms with Gasteiger partial charge >= 0.3 is 0 Å². The van der Waals surface area contributed by atoms with Crippen LogP contribution in [0.15, 0.2) is 53.8 Å². The van der Waals surface area contributed by atoms with Crippen LogP contribution in [0.3, 0.4) is 0 Å². The topological polar surface area (TPSA) is 79.7 Å². The Kier molecular flexibility index (Phi) is 5.05. The standard InChI is InChI=1S/C23H21FN2O4S/c1-23(2,3)20(28)17-18(13-7-5-6-8-15(13)30-4)26(21(29)19(17)27)22-25-14-10-9-12(24)11-16(14)31-22/h5-11,18,27H,1-4H3. The van der Waals surface area contributed by atoms with Gasteiger partial charge in [-0.25, -0.2) is 9.37 Å². The van der Waals surface area contributed by atoms with E-state index in [0.29, 0.717) is 21.5 Å². The molecule has 0 bridgehead atoms. The fourth-order valence-electron chi connectivity index (χ4n) is 3.61. The number of aliphatic hydroxyl groups excluding tert-OH is 1. The maximum absolute atomic E-state index is 13.7. The van der Waals surface area contributed by atoms with Gasteiger partial charge in [-0.3, -0.25) is 14.5 Å². The van der Waals surface area contributed by atoms with Crippen LogP contribution in [0.4, 0.5) is 9.52 Å². The van der Waals surface area contributed by atoms with Gasteiger partial charge in [-0.2, -0.15) is 0 Å². The zero-order chi connectivity index (χ0) is 22.5. The number of aromatic nitrogens is 1. The zero-order valence-electron chi connectivity index (χ0n) is 17.5. The molecule has 1 unspecified atom stereocenters. The molecule has 31 heavy (non-hydrogen) atoms. The fourth-order valence-corrected chi connectivity index (χ4v) is 4.63. The second kappa shape index (κ2) is 7.46. The van der Waals surface area contributed by atoms with Gasteiger partial charge in [-0.1, -0.05) is 50.3 Å². The Bertz CT molecular complexity index is 1240. The van der Waals surface area contributed by atoms with Crippen LogP contribution >= 0.6 is 11.3 Å². The third kappa shape index (κ3) is 3.46. The van der Waals surface area contributed by atoms with E-state index in [2.05, 4.69) is 4.98 Å². The van der Waals surface area contributed by atoms with Crippen LogP contribution in [0.25, 0.3) is 10.2 Å². The zero-order valence-corrected chi connectivity index (χ0v) is 18.3. The lowest BCUT2D eigenvalue weighted by molar-refractivity contribution is -0.123. The van der Waals surface area contributed by atoms with Crippen LogP contribution in [0.2, 0.25) is 0 Å². The quantitative estimate of drug-likeness (QED) is 0.620. The first-order valence-corrected chi connectivity index (χ1v) is 10.5. The number of carbonyl (C=O) groups is 2. The van der Waals surface area contributed by atoms with Gasteiger partial charge in [0.25, 0.3) is 5.91 Å². The van der Waals surface area contributed by atoms with Gasteiger partial charge in [0.05, 0.1) is 22.9 Å². The fraction of sp³-hybridized carbons (Fsp3) is 0.261. The number of aliphatic hydroxyl groups is 1. The molecule has 0 saturated carbocycles. The summed E-state index contributed by atoms with van der Waals surface area (Å²) in [4.78, 5) is 32.2. The van der Waals surface area contributed by atoms with Gasteiger partial charge in [-0.05, 0) is 24.3 Å². The van der Waals surface area contributed by atoms with Gasteiger partial charge in [0.1, 0.15) is 17.6 Å². The number of thiazole rings is 1. The molecule has 160 valence electrons. The van der Waals surface area contributed by atoms with Crippen molar-refractivity contribution >= 4 is 38.4 Å². The lowest BCUT2D eigenvalue weighted by Crippen LogP contribution is -2.33. The van der Waals surface area contributed by atoms with Crippen LogP contribution in [0.5, 0.6) is 5.75 Å². The number of ether oxygens (including phenoxy) is 1. The number of anilines is 1. The molecule has 1 aliphatic rings. The number of hydrogen-bond acceptors (Lipinski definition) is 6. The van der Waals surface area contributed by atoms with E-state index in [4.69, 9.17) is 4.74 Å². The maximum Gasteiger partial charge on any atom is 0.296 e. The first-order valence-electron chi connectivity index (χ1n) is 9.64. The number of amides is 1. The third-order valence-corrected chi connectivity index (χ3v) is 6.13. The molecular weight excluding hydrogens is 419 g/mol. The Morgan fingerprint density at radius 1 is 1.23 bits per heavy atom. The summed E-state index contributed by atoms with van der Waals surface area (Å²) in [6, 6.07) is 10.2. The van der Waals surface area contributed by atoms with Crippen molar-refractivity contribution in [3.8, 4) is 5.75 Å². The second-order valence-electron chi connectivity index (χ2n) is 8.27. The minimum absolute atomic E-state index is 0.00700. The van der Waals surface area contributed by atoms with Crippen LogP contribution in [0.1, 0.15) is 32.4 Å². The molecular formula is C23H21FN2O4S. The summed E-state index contributed by atoms with van der Waals surface area (Å²) in [5.41, 5.74) is 0.215. The smallest absolute Gasteiger partial charge is 0.296 e. The Labute approximate surface area is 182 Å². The van der Waals surface area contributed by atoms with Crippen molar-refractivity contribution < 1.29 is 23.8 Å². The first-order chi connectivity index (χ1) is 14.6. The van der Waals surface area contributed by atoms with E-state index in [1.807, 2.05) is 0 Å². The number of Topliss-reactive ketones (excluding diaryl/α,β-unsaturated/α-hetero) is 1. The van der Waals surface area contributed by atoms with Crippen LogP contribution < -0.4 is 9.64 Å². The number of benzene rings is 2. The van der Waals surface area contributed by atoms with E-state index in [0.717, 1.165) is 11.3 Å². The van der Waals surface area contributed by atoms with Crippen LogP contribution in [0, 0.1) is 11.2 Å². The van der Waals surface area contributed by atoms with Gasteiger partial charge in [0, 0.05) is 11.0 Å². The predicted octanol–water partition coefficient (Wildman–Crippen LogP) is 4.96. The maximum atomic E-state index is 13.7. The van der Waals surface area contributed by atoms with Crippen molar-refractivity contribution in [1.29, 1.82) is 0 Å². The largest absolute Gasteiger partial charge is 0.503 e. The predicted molar refractivity (Wildman–Crippen MR) is 117 cm³/mol. The van der Waals surface area contributed by atoms with E-state index in [1.54, 1.807) is 45.0 Å². The summed E-state index contributed by atoms with van der Waals surface area (Å²) in [6.45, 7) is 5.17. The summed E-state index contributed by atoms with van der Waals surface area (Å²) >= 11 is 1.11.